The van der Waals surface area contributed by atoms with Crippen LogP contribution in [0.15, 0.2) is 4.79 Å². The van der Waals surface area contributed by atoms with Crippen LogP contribution in [0.2, 0.25) is 0 Å². The fourth-order valence-electron chi connectivity index (χ4n) is 2.44. The van der Waals surface area contributed by atoms with Gasteiger partial charge in [-0.1, -0.05) is 47.5 Å². The molecule has 0 amide bonds. The molecular weight excluding hydrogens is 224 g/mol. The van der Waals surface area contributed by atoms with E-state index in [1.54, 1.807) is 0 Å². The standard InChI is InChI=1S/C15H28N2O/c1-6-8-10-12-13(15(3,4)5)17(11-9-7-2)16-14(12)18/h6-11H2,1-5H3,(H,16,18). The Hall–Kier alpha value is -0.990. The summed E-state index contributed by atoms with van der Waals surface area (Å²) in [7, 11) is 0. The van der Waals surface area contributed by atoms with Gasteiger partial charge in [0.15, 0.2) is 0 Å². The van der Waals surface area contributed by atoms with Crippen molar-refractivity contribution < 1.29 is 0 Å². The summed E-state index contributed by atoms with van der Waals surface area (Å²) in [6.45, 7) is 11.8. The van der Waals surface area contributed by atoms with Crippen molar-refractivity contribution in [2.24, 2.45) is 0 Å². The van der Waals surface area contributed by atoms with Crippen LogP contribution in [0.25, 0.3) is 0 Å². The average molecular weight is 252 g/mol. The maximum absolute atomic E-state index is 12.1. The van der Waals surface area contributed by atoms with Gasteiger partial charge in [0.25, 0.3) is 5.56 Å². The Kier molecular flexibility index (Phi) is 5.24. The Labute approximate surface area is 111 Å². The molecule has 0 saturated carbocycles. The lowest BCUT2D eigenvalue weighted by Gasteiger charge is -2.22. The highest BCUT2D eigenvalue weighted by Crippen LogP contribution is 2.25. The second kappa shape index (κ2) is 6.26. The van der Waals surface area contributed by atoms with Crippen LogP contribution in [0.5, 0.6) is 0 Å². The number of H-pyrrole nitrogens is 1. The van der Waals surface area contributed by atoms with Crippen LogP contribution in [0.4, 0.5) is 0 Å². The Morgan fingerprint density at radius 2 is 1.72 bits per heavy atom. The topological polar surface area (TPSA) is 37.8 Å². The molecule has 0 fully saturated rings. The first kappa shape index (κ1) is 15.1. The number of hydrogen-bond donors (Lipinski definition) is 1. The largest absolute Gasteiger partial charge is 0.288 e. The van der Waals surface area contributed by atoms with E-state index in [-0.39, 0.29) is 11.0 Å². The molecule has 0 aliphatic carbocycles. The SMILES string of the molecule is CCCCc1c(C(C)(C)C)n(CCCC)[nH]c1=O. The molecule has 0 atom stereocenters. The maximum atomic E-state index is 12.1. The van der Waals surface area contributed by atoms with Crippen LogP contribution in [0.1, 0.15) is 71.6 Å². The minimum atomic E-state index is 0.0238. The molecule has 104 valence electrons. The number of unbranched alkanes of at least 4 members (excludes halogenated alkanes) is 2. The van der Waals surface area contributed by atoms with Gasteiger partial charge in [-0.05, 0) is 19.3 Å². The first-order valence-corrected chi connectivity index (χ1v) is 7.24. The van der Waals surface area contributed by atoms with Crippen LogP contribution < -0.4 is 5.56 Å². The number of nitrogens with zero attached hydrogens (tertiary/aromatic N) is 1. The van der Waals surface area contributed by atoms with Crippen LogP contribution in [-0.2, 0) is 18.4 Å². The Morgan fingerprint density at radius 3 is 2.22 bits per heavy atom. The summed E-state index contributed by atoms with van der Waals surface area (Å²) in [5.74, 6) is 0. The zero-order valence-electron chi connectivity index (χ0n) is 12.6. The highest BCUT2D eigenvalue weighted by Gasteiger charge is 2.25. The third-order valence-corrected chi connectivity index (χ3v) is 3.29. The number of nitrogens with one attached hydrogen (secondary N) is 1. The molecule has 0 radical (unpaired) electrons. The molecule has 0 saturated heterocycles. The van der Waals surface area contributed by atoms with Crippen molar-refractivity contribution in [1.82, 2.24) is 9.78 Å². The predicted molar refractivity (Wildman–Crippen MR) is 77.3 cm³/mol. The first-order chi connectivity index (χ1) is 8.41. The quantitative estimate of drug-likeness (QED) is 0.825. The van der Waals surface area contributed by atoms with Gasteiger partial charge in [-0.25, -0.2) is 0 Å². The smallest absolute Gasteiger partial charge is 0.267 e. The van der Waals surface area contributed by atoms with Crippen molar-refractivity contribution in [2.45, 2.75) is 78.7 Å². The lowest BCUT2D eigenvalue weighted by atomic mass is 9.87. The average Bonchev–Trinajstić information content (AvgIpc) is 2.60. The maximum Gasteiger partial charge on any atom is 0.267 e. The Balaban J connectivity index is 3.15. The summed E-state index contributed by atoms with van der Waals surface area (Å²) in [4.78, 5) is 12.1. The first-order valence-electron chi connectivity index (χ1n) is 7.24. The van der Waals surface area contributed by atoms with Crippen molar-refractivity contribution in [2.75, 3.05) is 0 Å². The molecule has 0 aromatic carbocycles. The minimum Gasteiger partial charge on any atom is -0.288 e. The van der Waals surface area contributed by atoms with Gasteiger partial charge in [-0.3, -0.25) is 14.6 Å². The van der Waals surface area contributed by atoms with Crippen LogP contribution >= 0.6 is 0 Å². The van der Waals surface area contributed by atoms with Crippen LogP contribution in [0, 0.1) is 0 Å². The minimum absolute atomic E-state index is 0.0238. The van der Waals surface area contributed by atoms with E-state index in [1.807, 2.05) is 0 Å². The summed E-state index contributed by atoms with van der Waals surface area (Å²) < 4.78 is 2.08. The fraction of sp³-hybridized carbons (Fsp3) is 0.800. The van der Waals surface area contributed by atoms with E-state index in [0.717, 1.165) is 44.2 Å². The molecule has 0 spiro atoms. The summed E-state index contributed by atoms with van der Waals surface area (Å²) in [5.41, 5.74) is 2.34. The van der Waals surface area contributed by atoms with Crippen LogP contribution in [0.3, 0.4) is 0 Å². The molecular formula is C15H28N2O. The number of hydrogen-bond acceptors (Lipinski definition) is 1. The number of rotatable bonds is 6. The Bertz CT molecular complexity index is 421. The highest BCUT2D eigenvalue weighted by atomic mass is 16.1. The molecule has 0 bridgehead atoms. The number of aromatic amines is 1. The molecule has 0 aliphatic heterocycles. The normalized spacial score (nSPS) is 12.1. The summed E-state index contributed by atoms with van der Waals surface area (Å²) in [5, 5.41) is 3.02. The summed E-state index contributed by atoms with van der Waals surface area (Å²) >= 11 is 0. The second-order valence-electron chi connectivity index (χ2n) is 6.13. The van der Waals surface area contributed by atoms with E-state index in [0.29, 0.717) is 0 Å². The lowest BCUT2D eigenvalue weighted by Crippen LogP contribution is -2.20. The molecule has 1 aromatic rings. The molecule has 18 heavy (non-hydrogen) atoms. The van der Waals surface area contributed by atoms with E-state index in [2.05, 4.69) is 44.4 Å². The van der Waals surface area contributed by atoms with Crippen molar-refractivity contribution in [1.29, 1.82) is 0 Å². The van der Waals surface area contributed by atoms with Crippen molar-refractivity contribution in [3.8, 4) is 0 Å². The van der Waals surface area contributed by atoms with Gasteiger partial charge < -0.3 is 0 Å². The number of aryl methyl sites for hydroxylation is 1. The monoisotopic (exact) mass is 252 g/mol. The van der Waals surface area contributed by atoms with Gasteiger partial charge in [0.2, 0.25) is 0 Å². The molecule has 3 nitrogen and oxygen atoms in total. The second-order valence-corrected chi connectivity index (χ2v) is 6.13. The molecule has 1 N–H and O–H groups in total. The van der Waals surface area contributed by atoms with E-state index in [4.69, 9.17) is 0 Å². The van der Waals surface area contributed by atoms with E-state index >= 15 is 0 Å². The van der Waals surface area contributed by atoms with Gasteiger partial charge in [-0.15, -0.1) is 0 Å². The molecule has 1 heterocycles. The predicted octanol–water partition coefficient (Wildman–Crippen LogP) is 3.62. The third kappa shape index (κ3) is 3.50. The van der Waals surface area contributed by atoms with E-state index in [9.17, 15) is 4.79 Å². The zero-order chi connectivity index (χ0) is 13.8. The van der Waals surface area contributed by atoms with Crippen LogP contribution in [-0.4, -0.2) is 9.78 Å². The van der Waals surface area contributed by atoms with Gasteiger partial charge in [0, 0.05) is 23.2 Å². The summed E-state index contributed by atoms with van der Waals surface area (Å²) in [6.07, 6.45) is 5.37. The van der Waals surface area contributed by atoms with Gasteiger partial charge in [0.05, 0.1) is 0 Å². The molecule has 0 unspecified atom stereocenters. The Morgan fingerprint density at radius 1 is 1.11 bits per heavy atom. The van der Waals surface area contributed by atoms with E-state index < -0.39 is 0 Å². The van der Waals surface area contributed by atoms with Crippen molar-refractivity contribution in [3.05, 3.63) is 21.6 Å². The molecule has 1 rings (SSSR count). The van der Waals surface area contributed by atoms with Crippen molar-refractivity contribution in [3.63, 3.8) is 0 Å². The molecule has 3 heteroatoms. The van der Waals surface area contributed by atoms with Gasteiger partial charge in [0.1, 0.15) is 0 Å². The molecule has 1 aromatic heterocycles. The zero-order valence-corrected chi connectivity index (χ0v) is 12.6. The summed E-state index contributed by atoms with van der Waals surface area (Å²) in [6, 6.07) is 0. The van der Waals surface area contributed by atoms with Crippen molar-refractivity contribution >= 4 is 0 Å². The highest BCUT2D eigenvalue weighted by molar-refractivity contribution is 5.25. The van der Waals surface area contributed by atoms with Gasteiger partial charge in [-0.2, -0.15) is 0 Å². The molecule has 0 aliphatic rings. The third-order valence-electron chi connectivity index (χ3n) is 3.29. The lowest BCUT2D eigenvalue weighted by molar-refractivity contribution is 0.467. The number of aromatic nitrogens is 2. The fourth-order valence-corrected chi connectivity index (χ4v) is 2.44. The van der Waals surface area contributed by atoms with E-state index in [1.165, 1.54) is 5.69 Å². The van der Waals surface area contributed by atoms with Gasteiger partial charge >= 0.3 is 0 Å².